The first kappa shape index (κ1) is 15.0. The molecule has 1 N–H and O–H groups in total. The lowest BCUT2D eigenvalue weighted by molar-refractivity contribution is 0.251. The number of nitrogens with zero attached hydrogens (tertiary/aromatic N) is 1. The third-order valence-corrected chi connectivity index (χ3v) is 3.28. The minimum Gasteiger partial charge on any atom is -0.476 e. The quantitative estimate of drug-likeness (QED) is 0.872. The molecule has 1 unspecified atom stereocenters. The maximum absolute atomic E-state index is 8.89. The van der Waals surface area contributed by atoms with Gasteiger partial charge in [0.05, 0.1) is 0 Å². The molecule has 4 heteroatoms. The minimum atomic E-state index is -0.378. The zero-order valence-corrected chi connectivity index (χ0v) is 12.6. The van der Waals surface area contributed by atoms with Gasteiger partial charge in [-0.3, -0.25) is 0 Å². The summed E-state index contributed by atoms with van der Waals surface area (Å²) in [5.74, 6) is 0.743. The molecule has 0 aromatic heterocycles. The molecule has 1 atom stereocenters. The van der Waals surface area contributed by atoms with Gasteiger partial charge in [0.1, 0.15) is 11.8 Å². The molecule has 1 aromatic rings. The number of rotatable bonds is 6. The summed E-state index contributed by atoms with van der Waals surface area (Å²) in [6, 6.07) is 8.37. The van der Waals surface area contributed by atoms with E-state index in [1.54, 1.807) is 0 Å². The molecule has 0 aliphatic rings. The Balaban J connectivity index is 2.77. The molecular weight excluding hydrogens is 292 g/mol. The Kier molecular flexibility index (Phi) is 6.17. The van der Waals surface area contributed by atoms with Gasteiger partial charge in [0, 0.05) is 17.1 Å². The average molecular weight is 311 g/mol. The monoisotopic (exact) mass is 310 g/mol. The lowest BCUT2D eigenvalue weighted by atomic mass is 10.2. The smallest absolute Gasteiger partial charge is 0.184 e. The molecule has 0 spiro atoms. The highest BCUT2D eigenvalue weighted by Gasteiger charge is 2.08. The average Bonchev–Trinajstić information content (AvgIpc) is 2.36. The van der Waals surface area contributed by atoms with Gasteiger partial charge in [0.2, 0.25) is 0 Å². The van der Waals surface area contributed by atoms with Crippen LogP contribution in [0.1, 0.15) is 32.8 Å². The first-order valence-corrected chi connectivity index (χ1v) is 6.94. The number of hydrogen-bond acceptors (Lipinski definition) is 3. The first-order valence-electron chi connectivity index (χ1n) is 6.14. The van der Waals surface area contributed by atoms with E-state index >= 15 is 0 Å². The van der Waals surface area contributed by atoms with Crippen molar-refractivity contribution in [1.29, 1.82) is 5.26 Å². The zero-order valence-electron chi connectivity index (χ0n) is 11.0. The molecule has 0 saturated heterocycles. The number of ether oxygens (including phenoxy) is 1. The van der Waals surface area contributed by atoms with Crippen molar-refractivity contribution in [2.75, 3.05) is 0 Å². The highest BCUT2D eigenvalue weighted by Crippen LogP contribution is 2.23. The standard InChI is InChI=1S/C14H19BrN2O/c1-4-12(8-16)18-13-5-6-14(15)11(7-13)9-17-10(2)3/h5-7,10,12,17H,4,9H2,1-3H3. The predicted octanol–water partition coefficient (Wildman–Crippen LogP) is 3.63. The summed E-state index contributed by atoms with van der Waals surface area (Å²) in [4.78, 5) is 0. The van der Waals surface area contributed by atoms with Crippen molar-refractivity contribution in [1.82, 2.24) is 5.32 Å². The third-order valence-electron chi connectivity index (χ3n) is 2.51. The van der Waals surface area contributed by atoms with Crippen LogP contribution in [0.4, 0.5) is 0 Å². The second-order valence-electron chi connectivity index (χ2n) is 4.43. The molecule has 0 saturated carbocycles. The molecule has 0 radical (unpaired) electrons. The minimum absolute atomic E-state index is 0.378. The van der Waals surface area contributed by atoms with Crippen molar-refractivity contribution in [2.24, 2.45) is 0 Å². The van der Waals surface area contributed by atoms with E-state index in [9.17, 15) is 0 Å². The fraction of sp³-hybridized carbons (Fsp3) is 0.500. The topological polar surface area (TPSA) is 45.0 Å². The molecular formula is C14H19BrN2O. The highest BCUT2D eigenvalue weighted by atomic mass is 79.9. The van der Waals surface area contributed by atoms with Gasteiger partial charge in [-0.1, -0.05) is 36.7 Å². The van der Waals surface area contributed by atoms with Gasteiger partial charge >= 0.3 is 0 Å². The summed E-state index contributed by atoms with van der Waals surface area (Å²) in [6.45, 7) is 6.93. The Labute approximate surface area is 117 Å². The molecule has 0 fully saturated rings. The number of nitriles is 1. The van der Waals surface area contributed by atoms with E-state index in [4.69, 9.17) is 10.00 Å². The van der Waals surface area contributed by atoms with E-state index in [1.807, 2.05) is 25.1 Å². The Morgan fingerprint density at radius 1 is 1.44 bits per heavy atom. The SMILES string of the molecule is CCC(C#N)Oc1ccc(Br)c(CNC(C)C)c1. The third kappa shape index (κ3) is 4.67. The molecule has 98 valence electrons. The molecule has 0 amide bonds. The lowest BCUT2D eigenvalue weighted by Crippen LogP contribution is -2.22. The van der Waals surface area contributed by atoms with Crippen molar-refractivity contribution in [3.8, 4) is 11.8 Å². The van der Waals surface area contributed by atoms with Crippen LogP contribution in [0, 0.1) is 11.3 Å². The Bertz CT molecular complexity index is 426. The van der Waals surface area contributed by atoms with Crippen LogP contribution in [0.3, 0.4) is 0 Å². The van der Waals surface area contributed by atoms with Crippen LogP contribution in [0.5, 0.6) is 5.75 Å². The van der Waals surface area contributed by atoms with Crippen LogP contribution >= 0.6 is 15.9 Å². The number of nitrogens with one attached hydrogen (secondary N) is 1. The van der Waals surface area contributed by atoms with Crippen molar-refractivity contribution < 1.29 is 4.74 Å². The maximum Gasteiger partial charge on any atom is 0.184 e. The van der Waals surface area contributed by atoms with Crippen LogP contribution in [-0.2, 0) is 6.54 Å². The molecule has 3 nitrogen and oxygen atoms in total. The van der Waals surface area contributed by atoms with Crippen LogP contribution in [0.2, 0.25) is 0 Å². The van der Waals surface area contributed by atoms with Crippen molar-refractivity contribution in [2.45, 2.75) is 45.9 Å². The van der Waals surface area contributed by atoms with E-state index < -0.39 is 0 Å². The Morgan fingerprint density at radius 3 is 2.72 bits per heavy atom. The second-order valence-corrected chi connectivity index (χ2v) is 5.29. The summed E-state index contributed by atoms with van der Waals surface area (Å²) >= 11 is 3.52. The Morgan fingerprint density at radius 2 is 2.17 bits per heavy atom. The van der Waals surface area contributed by atoms with Gasteiger partial charge in [0.25, 0.3) is 0 Å². The number of hydrogen-bond donors (Lipinski definition) is 1. The molecule has 0 bridgehead atoms. The van der Waals surface area contributed by atoms with E-state index in [0.717, 1.165) is 22.3 Å². The van der Waals surface area contributed by atoms with Gasteiger partial charge in [-0.05, 0) is 30.2 Å². The summed E-state index contributed by atoms with van der Waals surface area (Å²) < 4.78 is 6.65. The van der Waals surface area contributed by atoms with Gasteiger partial charge in [-0.15, -0.1) is 0 Å². The second kappa shape index (κ2) is 7.40. The Hall–Kier alpha value is -1.05. The van der Waals surface area contributed by atoms with E-state index in [2.05, 4.69) is 41.2 Å². The number of benzene rings is 1. The molecule has 0 aliphatic heterocycles. The molecule has 18 heavy (non-hydrogen) atoms. The van der Waals surface area contributed by atoms with Crippen molar-refractivity contribution in [3.63, 3.8) is 0 Å². The summed E-state index contributed by atoms with van der Waals surface area (Å²) in [7, 11) is 0. The van der Waals surface area contributed by atoms with E-state index in [1.165, 1.54) is 0 Å². The summed E-state index contributed by atoms with van der Waals surface area (Å²) in [5, 5.41) is 12.3. The van der Waals surface area contributed by atoms with Crippen molar-refractivity contribution in [3.05, 3.63) is 28.2 Å². The van der Waals surface area contributed by atoms with Crippen LogP contribution < -0.4 is 10.1 Å². The summed E-state index contributed by atoms with van der Waals surface area (Å²) in [5.41, 5.74) is 1.13. The normalized spacial score (nSPS) is 12.2. The lowest BCUT2D eigenvalue weighted by Gasteiger charge is -2.14. The van der Waals surface area contributed by atoms with Crippen molar-refractivity contribution >= 4 is 15.9 Å². The zero-order chi connectivity index (χ0) is 13.5. The van der Waals surface area contributed by atoms with Gasteiger partial charge in [-0.25, -0.2) is 0 Å². The van der Waals surface area contributed by atoms with E-state index in [-0.39, 0.29) is 6.10 Å². The van der Waals surface area contributed by atoms with Crippen LogP contribution in [0.25, 0.3) is 0 Å². The fourth-order valence-electron chi connectivity index (χ4n) is 1.44. The van der Waals surface area contributed by atoms with Gasteiger partial charge in [-0.2, -0.15) is 5.26 Å². The van der Waals surface area contributed by atoms with E-state index in [0.29, 0.717) is 12.5 Å². The van der Waals surface area contributed by atoms with Crippen LogP contribution in [-0.4, -0.2) is 12.1 Å². The highest BCUT2D eigenvalue weighted by molar-refractivity contribution is 9.10. The van der Waals surface area contributed by atoms with Gasteiger partial charge in [0.15, 0.2) is 6.10 Å². The van der Waals surface area contributed by atoms with Gasteiger partial charge < -0.3 is 10.1 Å². The maximum atomic E-state index is 8.89. The fourth-order valence-corrected chi connectivity index (χ4v) is 1.83. The predicted molar refractivity (Wildman–Crippen MR) is 76.4 cm³/mol. The first-order chi connectivity index (χ1) is 8.56. The molecule has 1 rings (SSSR count). The summed E-state index contributed by atoms with van der Waals surface area (Å²) in [6.07, 6.45) is 0.309. The molecule has 0 aliphatic carbocycles. The molecule has 0 heterocycles. The largest absolute Gasteiger partial charge is 0.476 e. The number of halogens is 1. The molecule has 1 aromatic carbocycles. The van der Waals surface area contributed by atoms with Crippen LogP contribution in [0.15, 0.2) is 22.7 Å².